The van der Waals surface area contributed by atoms with E-state index >= 15 is 0 Å². The van der Waals surface area contributed by atoms with Crippen LogP contribution in [0, 0.1) is 0 Å². The van der Waals surface area contributed by atoms with Crippen molar-refractivity contribution in [2.45, 2.75) is 45.9 Å². The quantitative estimate of drug-likeness (QED) is 0.584. The number of hydrogen-bond donors (Lipinski definition) is 0. The Morgan fingerprint density at radius 1 is 1.22 bits per heavy atom. The van der Waals surface area contributed by atoms with Crippen molar-refractivity contribution >= 4 is 11.5 Å². The largest absolute Gasteiger partial charge is 0.491 e. The number of hydrogen-bond acceptors (Lipinski definition) is 5. The monoisotopic (exact) mass is 383 g/mol. The lowest BCUT2D eigenvalue weighted by molar-refractivity contribution is -0.137. The van der Waals surface area contributed by atoms with E-state index in [0.29, 0.717) is 18.0 Å². The highest BCUT2D eigenvalue weighted by atomic mass is 19.4. The second-order valence-electron chi connectivity index (χ2n) is 6.31. The Morgan fingerprint density at radius 2 is 1.96 bits per heavy atom. The molecule has 0 saturated heterocycles. The van der Waals surface area contributed by atoms with Gasteiger partial charge in [0, 0.05) is 25.0 Å². The van der Waals surface area contributed by atoms with Gasteiger partial charge in [0.2, 0.25) is 0 Å². The zero-order chi connectivity index (χ0) is 20.0. The molecule has 0 aliphatic carbocycles. The van der Waals surface area contributed by atoms with Gasteiger partial charge in [-0.15, -0.1) is 0 Å². The molecule has 0 radical (unpaired) electrons. The van der Waals surface area contributed by atoms with Crippen LogP contribution in [-0.2, 0) is 6.18 Å². The van der Waals surface area contributed by atoms with Crippen molar-refractivity contribution in [3.8, 4) is 11.8 Å². The summed E-state index contributed by atoms with van der Waals surface area (Å²) in [4.78, 5) is 9.07. The zero-order valence-electron chi connectivity index (χ0n) is 15.9. The average molecular weight is 383 g/mol. The molecule has 0 bridgehead atoms. The standard InChI is InChI=1S/C19H24F3N3O2/c1-5-6-10-26-18-23-12-16(19(20,21)22)17(24-18)25(4)14-8-7-9-15(11-14)27-13(2)3/h7-9,11-13H,5-6,10H2,1-4H3. The summed E-state index contributed by atoms with van der Waals surface area (Å²) in [6.45, 7) is 6.09. The molecule has 8 heteroatoms. The minimum absolute atomic E-state index is 0.0473. The number of nitrogens with zero attached hydrogens (tertiary/aromatic N) is 3. The predicted molar refractivity (Wildman–Crippen MR) is 97.7 cm³/mol. The molecule has 148 valence electrons. The van der Waals surface area contributed by atoms with Crippen LogP contribution in [-0.4, -0.2) is 29.7 Å². The lowest BCUT2D eigenvalue weighted by atomic mass is 10.2. The molecule has 27 heavy (non-hydrogen) atoms. The fourth-order valence-corrected chi connectivity index (χ4v) is 2.35. The fraction of sp³-hybridized carbons (Fsp3) is 0.474. The maximum absolute atomic E-state index is 13.4. The highest BCUT2D eigenvalue weighted by Crippen LogP contribution is 2.38. The lowest BCUT2D eigenvalue weighted by Crippen LogP contribution is -2.19. The van der Waals surface area contributed by atoms with E-state index in [9.17, 15) is 13.2 Å². The number of unbranched alkanes of at least 4 members (excludes halogenated alkanes) is 1. The molecule has 0 saturated carbocycles. The number of benzene rings is 1. The molecule has 0 atom stereocenters. The van der Waals surface area contributed by atoms with Crippen molar-refractivity contribution in [3.63, 3.8) is 0 Å². The summed E-state index contributed by atoms with van der Waals surface area (Å²) in [6.07, 6.45) is -2.21. The van der Waals surface area contributed by atoms with Gasteiger partial charge >= 0.3 is 12.2 Å². The molecule has 2 rings (SSSR count). The van der Waals surface area contributed by atoms with E-state index in [1.54, 1.807) is 24.3 Å². The molecule has 0 amide bonds. The van der Waals surface area contributed by atoms with Gasteiger partial charge in [-0.1, -0.05) is 19.4 Å². The van der Waals surface area contributed by atoms with E-state index in [0.717, 1.165) is 19.0 Å². The van der Waals surface area contributed by atoms with Crippen molar-refractivity contribution in [3.05, 3.63) is 36.0 Å². The molecular weight excluding hydrogens is 359 g/mol. The highest BCUT2D eigenvalue weighted by molar-refractivity contribution is 5.64. The van der Waals surface area contributed by atoms with Crippen LogP contribution >= 0.6 is 0 Å². The van der Waals surface area contributed by atoms with E-state index < -0.39 is 11.7 Å². The number of aromatic nitrogens is 2. The molecule has 0 N–H and O–H groups in total. The van der Waals surface area contributed by atoms with Crippen LogP contribution in [0.5, 0.6) is 11.8 Å². The molecule has 0 unspecified atom stereocenters. The molecule has 1 heterocycles. The second-order valence-corrected chi connectivity index (χ2v) is 6.31. The van der Waals surface area contributed by atoms with Gasteiger partial charge in [0.25, 0.3) is 0 Å². The van der Waals surface area contributed by atoms with Crippen molar-refractivity contribution in [2.75, 3.05) is 18.6 Å². The van der Waals surface area contributed by atoms with E-state index in [2.05, 4.69) is 9.97 Å². The van der Waals surface area contributed by atoms with E-state index in [-0.39, 0.29) is 17.9 Å². The molecule has 0 fully saturated rings. The van der Waals surface area contributed by atoms with Crippen molar-refractivity contribution in [1.82, 2.24) is 9.97 Å². The first-order chi connectivity index (χ1) is 12.7. The summed E-state index contributed by atoms with van der Waals surface area (Å²) in [5.74, 6) is 0.294. The molecule has 0 aliphatic rings. The third kappa shape index (κ3) is 5.74. The van der Waals surface area contributed by atoms with Crippen LogP contribution in [0.4, 0.5) is 24.7 Å². The molecule has 5 nitrogen and oxygen atoms in total. The van der Waals surface area contributed by atoms with E-state index in [1.165, 1.54) is 11.9 Å². The van der Waals surface area contributed by atoms with E-state index in [4.69, 9.17) is 9.47 Å². The first-order valence-electron chi connectivity index (χ1n) is 8.79. The zero-order valence-corrected chi connectivity index (χ0v) is 15.9. The van der Waals surface area contributed by atoms with Crippen LogP contribution in [0.2, 0.25) is 0 Å². The number of anilines is 2. The Morgan fingerprint density at radius 3 is 2.59 bits per heavy atom. The summed E-state index contributed by atoms with van der Waals surface area (Å²) in [5.41, 5.74) is -0.417. The molecule has 1 aromatic heterocycles. The van der Waals surface area contributed by atoms with Gasteiger partial charge in [-0.2, -0.15) is 18.2 Å². The lowest BCUT2D eigenvalue weighted by Gasteiger charge is -2.23. The summed E-state index contributed by atoms with van der Waals surface area (Å²) >= 11 is 0. The van der Waals surface area contributed by atoms with Crippen LogP contribution < -0.4 is 14.4 Å². The number of rotatable bonds is 8. The SMILES string of the molecule is CCCCOc1ncc(C(F)(F)F)c(N(C)c2cccc(OC(C)C)c2)n1. The summed E-state index contributed by atoms with van der Waals surface area (Å²) < 4.78 is 51.3. The Balaban J connectivity index is 2.39. The van der Waals surface area contributed by atoms with Crippen molar-refractivity contribution < 1.29 is 22.6 Å². The number of alkyl halides is 3. The maximum Gasteiger partial charge on any atom is 0.421 e. The summed E-state index contributed by atoms with van der Waals surface area (Å²) in [7, 11) is 1.52. The maximum atomic E-state index is 13.4. The highest BCUT2D eigenvalue weighted by Gasteiger charge is 2.36. The third-order valence-corrected chi connectivity index (χ3v) is 3.68. The van der Waals surface area contributed by atoms with Crippen LogP contribution in [0.3, 0.4) is 0 Å². The second kappa shape index (κ2) is 8.92. The first-order valence-corrected chi connectivity index (χ1v) is 8.79. The van der Waals surface area contributed by atoms with Gasteiger partial charge < -0.3 is 14.4 Å². The summed E-state index contributed by atoms with van der Waals surface area (Å²) in [6, 6.07) is 6.75. The molecule has 1 aromatic carbocycles. The Labute approximate surface area is 157 Å². The van der Waals surface area contributed by atoms with Crippen LogP contribution in [0.15, 0.2) is 30.5 Å². The molecule has 0 aliphatic heterocycles. The predicted octanol–water partition coefficient (Wildman–Crippen LogP) is 5.23. The van der Waals surface area contributed by atoms with Gasteiger partial charge in [-0.05, 0) is 32.4 Å². The van der Waals surface area contributed by atoms with Crippen LogP contribution in [0.25, 0.3) is 0 Å². The Hall–Kier alpha value is -2.51. The Bertz CT molecular complexity index is 751. The van der Waals surface area contributed by atoms with Gasteiger partial charge in [0.1, 0.15) is 11.3 Å². The van der Waals surface area contributed by atoms with E-state index in [1.807, 2.05) is 20.8 Å². The normalized spacial score (nSPS) is 11.6. The molecular formula is C19H24F3N3O2. The van der Waals surface area contributed by atoms with Gasteiger partial charge in [-0.25, -0.2) is 4.98 Å². The summed E-state index contributed by atoms with van der Waals surface area (Å²) in [5, 5.41) is 0. The average Bonchev–Trinajstić information content (AvgIpc) is 2.60. The van der Waals surface area contributed by atoms with Crippen LogP contribution in [0.1, 0.15) is 39.2 Å². The minimum Gasteiger partial charge on any atom is -0.491 e. The molecule has 2 aromatic rings. The van der Waals surface area contributed by atoms with Gasteiger partial charge in [0.05, 0.1) is 12.7 Å². The Kier molecular flexibility index (Phi) is 6.87. The topological polar surface area (TPSA) is 47.5 Å². The van der Waals surface area contributed by atoms with Crippen molar-refractivity contribution in [1.29, 1.82) is 0 Å². The smallest absolute Gasteiger partial charge is 0.421 e. The van der Waals surface area contributed by atoms with Gasteiger partial charge in [0.15, 0.2) is 5.82 Å². The van der Waals surface area contributed by atoms with Crippen molar-refractivity contribution in [2.24, 2.45) is 0 Å². The van der Waals surface area contributed by atoms with Gasteiger partial charge in [-0.3, -0.25) is 0 Å². The molecule has 0 spiro atoms. The number of halogens is 3. The third-order valence-electron chi connectivity index (χ3n) is 3.68. The number of ether oxygens (including phenoxy) is 2. The minimum atomic E-state index is -4.59. The fourth-order valence-electron chi connectivity index (χ4n) is 2.35. The first kappa shape index (κ1) is 20.8.